The van der Waals surface area contributed by atoms with Crippen molar-refractivity contribution >= 4 is 39.9 Å². The van der Waals surface area contributed by atoms with Crippen LogP contribution in [0.4, 0.5) is 5.13 Å². The molecule has 1 fully saturated rings. The highest BCUT2D eigenvalue weighted by Gasteiger charge is 2.48. The van der Waals surface area contributed by atoms with Crippen LogP contribution in [0.25, 0.3) is 5.76 Å². The number of Topliss-reactive ketones (excluding diaryl/α,β-unsaturated/α-hetero) is 1. The maximum atomic E-state index is 13.1. The van der Waals surface area contributed by atoms with Gasteiger partial charge in [-0.1, -0.05) is 17.4 Å². The summed E-state index contributed by atoms with van der Waals surface area (Å²) in [6.45, 7) is 3.51. The van der Waals surface area contributed by atoms with Crippen molar-refractivity contribution in [1.29, 1.82) is 0 Å². The molecule has 10 heteroatoms. The summed E-state index contributed by atoms with van der Waals surface area (Å²) in [6, 6.07) is 5.46. The number of pyridine rings is 2. The first-order valence-corrected chi connectivity index (χ1v) is 10.5. The van der Waals surface area contributed by atoms with Crippen molar-refractivity contribution in [3.05, 3.63) is 76.3 Å². The standard InChI is InChI=1S/C22H18N4O5S/c1-3-31-21(30)19-12(2)25-22(32-19)26-16(14-5-4-8-24-11-14)15(18(28)20(26)29)17(27)13-6-9-23-10-7-13/h4-11,16,27H,3H2,1-2H3/b17-15+. The summed E-state index contributed by atoms with van der Waals surface area (Å²) in [5, 5.41) is 11.1. The number of aromatic nitrogens is 3. The molecular weight excluding hydrogens is 432 g/mol. The van der Waals surface area contributed by atoms with Crippen LogP contribution >= 0.6 is 11.3 Å². The second-order valence-corrected chi connectivity index (χ2v) is 7.80. The van der Waals surface area contributed by atoms with E-state index in [9.17, 15) is 19.5 Å². The molecule has 1 unspecified atom stereocenters. The summed E-state index contributed by atoms with van der Waals surface area (Å²) >= 11 is 0.951. The van der Waals surface area contributed by atoms with E-state index in [1.807, 2.05) is 0 Å². The maximum Gasteiger partial charge on any atom is 0.350 e. The Morgan fingerprint density at radius 1 is 1.19 bits per heavy atom. The minimum atomic E-state index is -0.975. The lowest BCUT2D eigenvalue weighted by Gasteiger charge is -2.22. The largest absolute Gasteiger partial charge is 0.507 e. The minimum absolute atomic E-state index is 0.0975. The summed E-state index contributed by atoms with van der Waals surface area (Å²) in [6.07, 6.45) is 6.01. The zero-order valence-corrected chi connectivity index (χ0v) is 18.0. The molecule has 4 rings (SSSR count). The van der Waals surface area contributed by atoms with E-state index in [1.54, 1.807) is 32.2 Å². The van der Waals surface area contributed by atoms with Crippen molar-refractivity contribution in [3.63, 3.8) is 0 Å². The maximum absolute atomic E-state index is 13.1. The topological polar surface area (TPSA) is 123 Å². The van der Waals surface area contributed by atoms with Gasteiger partial charge in [-0.2, -0.15) is 0 Å². The van der Waals surface area contributed by atoms with Gasteiger partial charge < -0.3 is 9.84 Å². The van der Waals surface area contributed by atoms with E-state index in [0.29, 0.717) is 16.8 Å². The monoisotopic (exact) mass is 450 g/mol. The summed E-state index contributed by atoms with van der Waals surface area (Å²) in [4.78, 5) is 52.2. The number of rotatable bonds is 5. The number of aliphatic hydroxyl groups is 1. The Morgan fingerprint density at radius 3 is 2.59 bits per heavy atom. The fourth-order valence-electron chi connectivity index (χ4n) is 3.42. The Balaban J connectivity index is 1.89. The van der Waals surface area contributed by atoms with Crippen LogP contribution in [0.5, 0.6) is 0 Å². The van der Waals surface area contributed by atoms with Gasteiger partial charge in [-0.3, -0.25) is 24.5 Å². The van der Waals surface area contributed by atoms with Gasteiger partial charge in [0.25, 0.3) is 5.78 Å². The van der Waals surface area contributed by atoms with Crippen molar-refractivity contribution in [3.8, 4) is 0 Å². The average Bonchev–Trinajstić information content (AvgIpc) is 3.32. The summed E-state index contributed by atoms with van der Waals surface area (Å²) in [5.74, 6) is -2.61. The number of ketones is 1. The molecule has 9 nitrogen and oxygen atoms in total. The van der Waals surface area contributed by atoms with Gasteiger partial charge in [0.1, 0.15) is 10.6 Å². The molecule has 0 radical (unpaired) electrons. The molecule has 1 saturated heterocycles. The van der Waals surface area contributed by atoms with E-state index in [0.717, 1.165) is 11.3 Å². The number of aryl methyl sites for hydroxylation is 1. The molecule has 1 amide bonds. The van der Waals surface area contributed by atoms with Crippen LogP contribution in [-0.4, -0.2) is 44.3 Å². The van der Waals surface area contributed by atoms with Gasteiger partial charge in [0.15, 0.2) is 5.13 Å². The average molecular weight is 450 g/mol. The molecule has 0 aliphatic carbocycles. The first kappa shape index (κ1) is 21.3. The second kappa shape index (κ2) is 8.67. The molecule has 1 N–H and O–H groups in total. The van der Waals surface area contributed by atoms with Crippen LogP contribution < -0.4 is 4.90 Å². The van der Waals surface area contributed by atoms with Crippen molar-refractivity contribution in [2.24, 2.45) is 0 Å². The van der Waals surface area contributed by atoms with Crippen LogP contribution in [0.15, 0.2) is 54.6 Å². The number of esters is 1. The van der Waals surface area contributed by atoms with Gasteiger partial charge in [-0.05, 0) is 37.6 Å². The fourth-order valence-corrected chi connectivity index (χ4v) is 4.41. The second-order valence-electron chi connectivity index (χ2n) is 6.82. The highest BCUT2D eigenvalue weighted by Crippen LogP contribution is 2.43. The van der Waals surface area contributed by atoms with E-state index in [-0.39, 0.29) is 27.9 Å². The number of hydrogen-bond donors (Lipinski definition) is 1. The minimum Gasteiger partial charge on any atom is -0.507 e. The Bertz CT molecular complexity index is 1220. The molecule has 3 aromatic rings. The quantitative estimate of drug-likeness (QED) is 0.272. The SMILES string of the molecule is CCOC(=O)c1sc(N2C(=O)C(=O)/C(=C(/O)c3ccncc3)C2c2cccnc2)nc1C. The van der Waals surface area contributed by atoms with E-state index < -0.39 is 23.7 Å². The molecular formula is C22H18N4O5S. The van der Waals surface area contributed by atoms with Gasteiger partial charge in [0, 0.05) is 30.4 Å². The zero-order chi connectivity index (χ0) is 22.8. The van der Waals surface area contributed by atoms with Gasteiger partial charge in [0.2, 0.25) is 0 Å². The van der Waals surface area contributed by atoms with Crippen LogP contribution in [0, 0.1) is 6.92 Å². The van der Waals surface area contributed by atoms with Crippen LogP contribution in [0.2, 0.25) is 0 Å². The molecule has 162 valence electrons. The van der Waals surface area contributed by atoms with E-state index in [1.165, 1.54) is 35.6 Å². The first-order chi connectivity index (χ1) is 15.4. The molecule has 0 bridgehead atoms. The highest BCUT2D eigenvalue weighted by atomic mass is 32.1. The van der Waals surface area contributed by atoms with Crippen LogP contribution in [0.1, 0.15) is 39.5 Å². The molecule has 3 aromatic heterocycles. The van der Waals surface area contributed by atoms with Gasteiger partial charge >= 0.3 is 11.9 Å². The van der Waals surface area contributed by atoms with Gasteiger partial charge in [-0.25, -0.2) is 9.78 Å². The Hall–Kier alpha value is -3.92. The zero-order valence-electron chi connectivity index (χ0n) is 17.2. The molecule has 1 aliphatic rings. The van der Waals surface area contributed by atoms with Crippen molar-refractivity contribution < 1.29 is 24.2 Å². The third-order valence-electron chi connectivity index (χ3n) is 4.85. The molecule has 0 aromatic carbocycles. The smallest absolute Gasteiger partial charge is 0.350 e. The Morgan fingerprint density at radius 2 is 1.94 bits per heavy atom. The number of hydrogen-bond acceptors (Lipinski definition) is 9. The number of amides is 1. The number of anilines is 1. The van der Waals surface area contributed by atoms with Crippen molar-refractivity contribution in [2.45, 2.75) is 19.9 Å². The number of carbonyl (C=O) groups excluding carboxylic acids is 3. The molecule has 1 atom stereocenters. The van der Waals surface area contributed by atoms with Crippen molar-refractivity contribution in [1.82, 2.24) is 15.0 Å². The third kappa shape index (κ3) is 3.65. The number of carbonyl (C=O) groups is 3. The normalized spacial score (nSPS) is 17.6. The van der Waals surface area contributed by atoms with Crippen LogP contribution in [-0.2, 0) is 14.3 Å². The lowest BCUT2D eigenvalue weighted by Crippen LogP contribution is -2.29. The molecule has 4 heterocycles. The lowest BCUT2D eigenvalue weighted by molar-refractivity contribution is -0.132. The number of nitrogens with zero attached hydrogens (tertiary/aromatic N) is 4. The highest BCUT2D eigenvalue weighted by molar-refractivity contribution is 7.17. The first-order valence-electron chi connectivity index (χ1n) is 9.69. The van der Waals surface area contributed by atoms with Gasteiger partial charge in [-0.15, -0.1) is 0 Å². The lowest BCUT2D eigenvalue weighted by atomic mass is 9.97. The molecule has 0 saturated carbocycles. The Kier molecular flexibility index (Phi) is 5.78. The van der Waals surface area contributed by atoms with Crippen LogP contribution in [0.3, 0.4) is 0 Å². The molecule has 32 heavy (non-hydrogen) atoms. The van der Waals surface area contributed by atoms with E-state index >= 15 is 0 Å². The predicted octanol–water partition coefficient (Wildman–Crippen LogP) is 3.04. The van der Waals surface area contributed by atoms with E-state index in [2.05, 4.69) is 15.0 Å². The van der Waals surface area contributed by atoms with Crippen molar-refractivity contribution in [2.75, 3.05) is 11.5 Å². The summed E-state index contributed by atoms with van der Waals surface area (Å²) in [5.41, 5.74) is 1.13. The van der Waals surface area contributed by atoms with Gasteiger partial charge in [0.05, 0.1) is 23.9 Å². The Labute approximate surface area is 187 Å². The molecule has 0 spiro atoms. The summed E-state index contributed by atoms with van der Waals surface area (Å²) in [7, 11) is 0. The number of ether oxygens (including phenoxy) is 1. The fraction of sp³-hybridized carbons (Fsp3) is 0.182. The van der Waals surface area contributed by atoms with E-state index in [4.69, 9.17) is 4.74 Å². The molecule has 1 aliphatic heterocycles. The number of thiazole rings is 1. The predicted molar refractivity (Wildman–Crippen MR) is 116 cm³/mol. The number of aliphatic hydroxyl groups excluding tert-OH is 1. The third-order valence-corrected chi connectivity index (χ3v) is 5.99. The summed E-state index contributed by atoms with van der Waals surface area (Å²) < 4.78 is 5.06.